The van der Waals surface area contributed by atoms with Crippen molar-refractivity contribution in [2.75, 3.05) is 33.3 Å². The second kappa shape index (κ2) is 9.95. The highest BCUT2D eigenvalue weighted by molar-refractivity contribution is 7.71. The van der Waals surface area contributed by atoms with Crippen molar-refractivity contribution in [1.82, 2.24) is 19.4 Å². The molecule has 1 amide bonds. The number of methoxy groups -OCH3 is 1. The maximum absolute atomic E-state index is 12.9. The molecule has 32 heavy (non-hydrogen) atoms. The van der Waals surface area contributed by atoms with Crippen LogP contribution in [0.5, 0.6) is 0 Å². The molecule has 1 saturated heterocycles. The van der Waals surface area contributed by atoms with Crippen molar-refractivity contribution in [2.45, 2.75) is 51.1 Å². The van der Waals surface area contributed by atoms with E-state index >= 15 is 0 Å². The van der Waals surface area contributed by atoms with Gasteiger partial charge in [0.15, 0.2) is 4.77 Å². The molecule has 0 atom stereocenters. The Labute approximate surface area is 192 Å². The van der Waals surface area contributed by atoms with Crippen molar-refractivity contribution in [1.29, 1.82) is 0 Å². The fourth-order valence-corrected chi connectivity index (χ4v) is 5.13. The van der Waals surface area contributed by atoms with Crippen LogP contribution in [-0.4, -0.2) is 70.6 Å². The van der Waals surface area contributed by atoms with Crippen LogP contribution >= 0.6 is 12.2 Å². The Kier molecular flexibility index (Phi) is 7.05. The minimum absolute atomic E-state index is 0.0516. The molecule has 0 bridgehead atoms. The summed E-state index contributed by atoms with van der Waals surface area (Å²) >= 11 is 5.36. The zero-order valence-electron chi connectivity index (χ0n) is 18.5. The third kappa shape index (κ3) is 4.78. The summed E-state index contributed by atoms with van der Waals surface area (Å²) in [7, 11) is 1.31. The number of aromatic amines is 1. The highest BCUT2D eigenvalue weighted by atomic mass is 32.1. The van der Waals surface area contributed by atoms with E-state index in [1.54, 1.807) is 18.2 Å². The number of H-pyrrole nitrogens is 1. The lowest BCUT2D eigenvalue weighted by Crippen LogP contribution is -2.52. The second-order valence-corrected chi connectivity index (χ2v) is 8.98. The summed E-state index contributed by atoms with van der Waals surface area (Å²) in [5, 5.41) is 0.416. The molecule has 1 aromatic carbocycles. The zero-order chi connectivity index (χ0) is 22.7. The lowest BCUT2D eigenvalue weighted by atomic mass is 9.94. The van der Waals surface area contributed by atoms with Crippen LogP contribution in [0.4, 0.5) is 0 Å². The first-order valence-electron chi connectivity index (χ1n) is 11.3. The van der Waals surface area contributed by atoms with Gasteiger partial charge in [-0.15, -0.1) is 0 Å². The number of hydrogen-bond acceptors (Lipinski definition) is 6. The monoisotopic (exact) mass is 458 g/mol. The minimum atomic E-state index is -0.482. The van der Waals surface area contributed by atoms with Gasteiger partial charge < -0.3 is 14.6 Å². The van der Waals surface area contributed by atoms with Crippen LogP contribution in [0.2, 0.25) is 0 Å². The number of nitrogens with zero attached hydrogens (tertiary/aromatic N) is 3. The molecule has 0 radical (unpaired) electrons. The van der Waals surface area contributed by atoms with Crippen LogP contribution in [0.1, 0.15) is 48.9 Å². The predicted octanol–water partition coefficient (Wildman–Crippen LogP) is 2.71. The molecule has 0 spiro atoms. The van der Waals surface area contributed by atoms with Gasteiger partial charge in [-0.3, -0.25) is 19.1 Å². The molecule has 2 aromatic rings. The van der Waals surface area contributed by atoms with E-state index in [1.165, 1.54) is 43.8 Å². The Morgan fingerprint density at radius 1 is 1.12 bits per heavy atom. The molecule has 2 heterocycles. The van der Waals surface area contributed by atoms with Crippen molar-refractivity contribution < 1.29 is 14.3 Å². The molecule has 4 rings (SSSR count). The molecular weight excluding hydrogens is 428 g/mol. The quantitative estimate of drug-likeness (QED) is 0.548. The number of benzene rings is 1. The molecule has 1 aromatic heterocycles. The third-order valence-electron chi connectivity index (χ3n) is 6.71. The van der Waals surface area contributed by atoms with E-state index < -0.39 is 5.97 Å². The standard InChI is InChI=1S/C23H30N4O4S/c1-31-22(30)16-7-8-18-19(15-16)24-23(32)27(21(18)29)10-9-20(28)26-13-11-25(12-14-26)17-5-3-2-4-6-17/h7-8,15,17H,2-6,9-14H2,1H3,(H,24,32). The molecule has 1 saturated carbocycles. The SMILES string of the molecule is COC(=O)c1ccc2c(=O)n(CCC(=O)N3CCN(C4CCCCC4)CC3)c(=S)[nH]c2c1. The number of piperazine rings is 1. The fourth-order valence-electron chi connectivity index (χ4n) is 4.85. The number of carbonyl (C=O) groups excluding carboxylic acids is 2. The normalized spacial score (nSPS) is 18.1. The van der Waals surface area contributed by atoms with Gasteiger partial charge in [-0.2, -0.15) is 0 Å². The number of ether oxygens (including phenoxy) is 1. The van der Waals surface area contributed by atoms with Gasteiger partial charge in [-0.25, -0.2) is 4.79 Å². The summed E-state index contributed by atoms with van der Waals surface area (Å²) in [6.07, 6.45) is 6.75. The van der Waals surface area contributed by atoms with Crippen molar-refractivity contribution in [3.8, 4) is 0 Å². The number of nitrogens with one attached hydrogen (secondary N) is 1. The number of amides is 1. The van der Waals surface area contributed by atoms with Crippen LogP contribution in [0.25, 0.3) is 10.9 Å². The van der Waals surface area contributed by atoms with Crippen LogP contribution in [0.15, 0.2) is 23.0 Å². The van der Waals surface area contributed by atoms with Gasteiger partial charge in [-0.05, 0) is 43.3 Å². The van der Waals surface area contributed by atoms with E-state index in [1.807, 2.05) is 4.90 Å². The van der Waals surface area contributed by atoms with E-state index in [-0.39, 0.29) is 29.2 Å². The Hall–Kier alpha value is -2.52. The van der Waals surface area contributed by atoms with Gasteiger partial charge in [0.2, 0.25) is 5.91 Å². The van der Waals surface area contributed by atoms with Crippen LogP contribution < -0.4 is 5.56 Å². The molecule has 1 aliphatic carbocycles. The van der Waals surface area contributed by atoms with Crippen molar-refractivity contribution in [2.24, 2.45) is 0 Å². The summed E-state index contributed by atoms with van der Waals surface area (Å²) < 4.78 is 6.38. The molecule has 1 aliphatic heterocycles. The number of rotatable bonds is 5. The summed E-state index contributed by atoms with van der Waals surface area (Å²) in [6, 6.07) is 5.36. The van der Waals surface area contributed by atoms with Gasteiger partial charge >= 0.3 is 5.97 Å². The number of hydrogen-bond donors (Lipinski definition) is 1. The van der Waals surface area contributed by atoms with Gasteiger partial charge in [0, 0.05) is 45.2 Å². The Morgan fingerprint density at radius 3 is 2.53 bits per heavy atom. The first kappa shape index (κ1) is 22.7. The Morgan fingerprint density at radius 2 is 1.84 bits per heavy atom. The maximum atomic E-state index is 12.9. The highest BCUT2D eigenvalue weighted by Crippen LogP contribution is 2.23. The van der Waals surface area contributed by atoms with Gasteiger partial charge in [-0.1, -0.05) is 19.3 Å². The molecule has 2 aliphatic rings. The third-order valence-corrected chi connectivity index (χ3v) is 7.03. The van der Waals surface area contributed by atoms with Crippen LogP contribution in [0.3, 0.4) is 0 Å². The van der Waals surface area contributed by atoms with Crippen molar-refractivity contribution in [3.63, 3.8) is 0 Å². The van der Waals surface area contributed by atoms with Crippen molar-refractivity contribution >= 4 is 35.0 Å². The van der Waals surface area contributed by atoms with Crippen LogP contribution in [-0.2, 0) is 16.1 Å². The molecule has 1 N–H and O–H groups in total. The Bertz CT molecular complexity index is 1110. The molecule has 2 fully saturated rings. The van der Waals surface area contributed by atoms with E-state index in [9.17, 15) is 14.4 Å². The largest absolute Gasteiger partial charge is 0.465 e. The van der Waals surface area contributed by atoms with E-state index in [0.29, 0.717) is 22.5 Å². The maximum Gasteiger partial charge on any atom is 0.337 e. The minimum Gasteiger partial charge on any atom is -0.465 e. The van der Waals surface area contributed by atoms with Crippen molar-refractivity contribution in [3.05, 3.63) is 38.9 Å². The van der Waals surface area contributed by atoms with E-state index in [2.05, 4.69) is 9.88 Å². The lowest BCUT2D eigenvalue weighted by molar-refractivity contribution is -0.133. The summed E-state index contributed by atoms with van der Waals surface area (Å²) in [5.41, 5.74) is 0.546. The summed E-state index contributed by atoms with van der Waals surface area (Å²) in [4.78, 5) is 44.9. The fraction of sp³-hybridized carbons (Fsp3) is 0.565. The molecular formula is C23H30N4O4S. The average molecular weight is 459 g/mol. The highest BCUT2D eigenvalue weighted by Gasteiger charge is 2.27. The first-order chi connectivity index (χ1) is 15.5. The van der Waals surface area contributed by atoms with Gasteiger partial charge in [0.05, 0.1) is 23.6 Å². The molecule has 8 nitrogen and oxygen atoms in total. The van der Waals surface area contributed by atoms with E-state index in [0.717, 1.165) is 26.2 Å². The second-order valence-electron chi connectivity index (χ2n) is 8.60. The average Bonchev–Trinajstić information content (AvgIpc) is 2.83. The molecule has 9 heteroatoms. The van der Waals surface area contributed by atoms with Gasteiger partial charge in [0.25, 0.3) is 5.56 Å². The number of fused-ring (bicyclic) bond motifs is 1. The molecule has 172 valence electrons. The summed E-state index contributed by atoms with van der Waals surface area (Å²) in [6.45, 7) is 3.56. The number of aromatic nitrogens is 2. The van der Waals surface area contributed by atoms with Gasteiger partial charge in [0.1, 0.15) is 0 Å². The predicted molar refractivity (Wildman–Crippen MR) is 124 cm³/mol. The van der Waals surface area contributed by atoms with E-state index in [4.69, 9.17) is 17.0 Å². The summed E-state index contributed by atoms with van der Waals surface area (Å²) in [5.74, 6) is -0.430. The number of carbonyl (C=O) groups is 2. The smallest absolute Gasteiger partial charge is 0.337 e. The lowest BCUT2D eigenvalue weighted by Gasteiger charge is -2.40. The first-order valence-corrected chi connectivity index (χ1v) is 11.8. The Balaban J connectivity index is 1.39. The topological polar surface area (TPSA) is 87.6 Å². The molecule has 0 unspecified atom stereocenters. The van der Waals surface area contributed by atoms with Crippen LogP contribution in [0, 0.1) is 4.77 Å². The zero-order valence-corrected chi connectivity index (χ0v) is 19.3. The number of esters is 1.